The van der Waals surface area contributed by atoms with E-state index in [9.17, 15) is 17.6 Å². The Labute approximate surface area is 114 Å². The Morgan fingerprint density at radius 3 is 2.15 bits per heavy atom. The summed E-state index contributed by atoms with van der Waals surface area (Å²) in [5.41, 5.74) is 0.205. The summed E-state index contributed by atoms with van der Waals surface area (Å²) in [5.74, 6) is -1.25. The van der Waals surface area contributed by atoms with E-state index in [2.05, 4.69) is 5.32 Å². The molecule has 2 aromatic carbocycles. The van der Waals surface area contributed by atoms with Gasteiger partial charge in [-0.05, 0) is 23.3 Å². The first kappa shape index (κ1) is 14.5. The largest absolute Gasteiger partial charge is 0.419 e. The van der Waals surface area contributed by atoms with E-state index < -0.39 is 17.6 Å². The Hall–Kier alpha value is -1.88. The van der Waals surface area contributed by atoms with Crippen LogP contribution in [0.5, 0.6) is 0 Å². The van der Waals surface area contributed by atoms with Gasteiger partial charge in [-0.3, -0.25) is 0 Å². The van der Waals surface area contributed by atoms with E-state index in [-0.39, 0.29) is 6.54 Å². The summed E-state index contributed by atoms with van der Waals surface area (Å²) in [5, 5.41) is 3.03. The third-order valence-corrected chi connectivity index (χ3v) is 2.84. The van der Waals surface area contributed by atoms with Gasteiger partial charge in [0.1, 0.15) is 5.82 Å². The Kier molecular flexibility index (Phi) is 4.39. The smallest absolute Gasteiger partial charge is 0.309 e. The topological polar surface area (TPSA) is 12.0 Å². The molecule has 0 radical (unpaired) electrons. The zero-order valence-electron chi connectivity index (χ0n) is 10.5. The first-order valence-electron chi connectivity index (χ1n) is 6.07. The van der Waals surface area contributed by atoms with Crippen molar-refractivity contribution < 1.29 is 17.6 Å². The molecule has 0 heterocycles. The Balaban J connectivity index is 2.00. The van der Waals surface area contributed by atoms with Gasteiger partial charge in [-0.1, -0.05) is 36.4 Å². The first-order valence-corrected chi connectivity index (χ1v) is 6.07. The molecule has 2 rings (SSSR count). The number of benzene rings is 2. The average molecular weight is 283 g/mol. The van der Waals surface area contributed by atoms with Crippen LogP contribution in [0.15, 0.2) is 48.5 Å². The van der Waals surface area contributed by atoms with Crippen molar-refractivity contribution >= 4 is 0 Å². The highest BCUT2D eigenvalue weighted by atomic mass is 19.4. The van der Waals surface area contributed by atoms with Crippen LogP contribution in [0.1, 0.15) is 16.7 Å². The summed E-state index contributed by atoms with van der Waals surface area (Å²) in [6.45, 7) is 0.790. The van der Waals surface area contributed by atoms with Crippen LogP contribution in [0.25, 0.3) is 0 Å². The zero-order valence-corrected chi connectivity index (χ0v) is 10.5. The second-order valence-electron chi connectivity index (χ2n) is 4.40. The van der Waals surface area contributed by atoms with E-state index in [1.54, 1.807) is 0 Å². The lowest BCUT2D eigenvalue weighted by atomic mass is 10.1. The summed E-state index contributed by atoms with van der Waals surface area (Å²) in [7, 11) is 0. The lowest BCUT2D eigenvalue weighted by molar-refractivity contribution is -0.140. The minimum Gasteiger partial charge on any atom is -0.309 e. The lowest BCUT2D eigenvalue weighted by Gasteiger charge is -2.11. The van der Waals surface area contributed by atoms with Gasteiger partial charge in [0, 0.05) is 13.1 Å². The highest BCUT2D eigenvalue weighted by Crippen LogP contribution is 2.31. The minimum absolute atomic E-state index is 0.248. The second kappa shape index (κ2) is 6.05. The van der Waals surface area contributed by atoms with Crippen molar-refractivity contribution in [2.75, 3.05) is 0 Å². The number of hydrogen-bond donors (Lipinski definition) is 1. The summed E-state index contributed by atoms with van der Waals surface area (Å²) in [6.07, 6.45) is -4.67. The summed E-state index contributed by atoms with van der Waals surface area (Å²) in [4.78, 5) is 0. The molecule has 20 heavy (non-hydrogen) atoms. The molecule has 0 aliphatic heterocycles. The van der Waals surface area contributed by atoms with Gasteiger partial charge in [-0.2, -0.15) is 13.2 Å². The van der Waals surface area contributed by atoms with Crippen molar-refractivity contribution in [2.45, 2.75) is 19.3 Å². The maximum atomic E-state index is 13.1. The molecular weight excluding hydrogens is 270 g/mol. The zero-order chi connectivity index (χ0) is 14.6. The Morgan fingerprint density at radius 2 is 1.50 bits per heavy atom. The molecule has 0 atom stereocenters. The molecule has 0 spiro atoms. The predicted octanol–water partition coefficient (Wildman–Crippen LogP) is 4.13. The van der Waals surface area contributed by atoms with Gasteiger partial charge in [0.05, 0.1) is 5.56 Å². The third kappa shape index (κ3) is 3.81. The number of alkyl halides is 3. The fourth-order valence-corrected chi connectivity index (χ4v) is 1.85. The summed E-state index contributed by atoms with van der Waals surface area (Å²) in [6, 6.07) is 12.5. The van der Waals surface area contributed by atoms with Crippen LogP contribution < -0.4 is 5.32 Å². The molecule has 0 amide bonds. The van der Waals surface area contributed by atoms with E-state index in [1.807, 2.05) is 30.3 Å². The van der Waals surface area contributed by atoms with E-state index in [4.69, 9.17) is 0 Å². The van der Waals surface area contributed by atoms with Gasteiger partial charge in [-0.15, -0.1) is 0 Å². The number of nitrogens with one attached hydrogen (secondary N) is 1. The Morgan fingerprint density at radius 1 is 0.850 bits per heavy atom. The predicted molar refractivity (Wildman–Crippen MR) is 68.4 cm³/mol. The maximum absolute atomic E-state index is 13.1. The van der Waals surface area contributed by atoms with E-state index in [1.165, 1.54) is 6.07 Å². The van der Waals surface area contributed by atoms with Gasteiger partial charge >= 0.3 is 6.18 Å². The molecule has 1 N–H and O–H groups in total. The molecular formula is C15H13F4N. The third-order valence-electron chi connectivity index (χ3n) is 2.84. The second-order valence-corrected chi connectivity index (χ2v) is 4.40. The van der Waals surface area contributed by atoms with Crippen molar-refractivity contribution in [1.29, 1.82) is 0 Å². The molecule has 1 nitrogen and oxygen atoms in total. The van der Waals surface area contributed by atoms with Crippen LogP contribution >= 0.6 is 0 Å². The van der Waals surface area contributed by atoms with Crippen molar-refractivity contribution in [3.05, 3.63) is 71.0 Å². The van der Waals surface area contributed by atoms with E-state index in [0.29, 0.717) is 12.1 Å². The van der Waals surface area contributed by atoms with Crippen LogP contribution in [0, 0.1) is 5.82 Å². The molecule has 5 heteroatoms. The average Bonchev–Trinajstić information content (AvgIpc) is 2.40. The summed E-state index contributed by atoms with van der Waals surface area (Å²) < 4.78 is 50.8. The van der Waals surface area contributed by atoms with Gasteiger partial charge in [0.15, 0.2) is 0 Å². The lowest BCUT2D eigenvalue weighted by Crippen LogP contribution is -2.14. The highest BCUT2D eigenvalue weighted by molar-refractivity contribution is 5.27. The number of halogens is 4. The molecule has 0 saturated carbocycles. The molecule has 106 valence electrons. The molecule has 0 fully saturated rings. The SMILES string of the molecule is Fc1ccc(CNCc2ccccc2)cc1C(F)(F)F. The normalized spacial score (nSPS) is 11.6. The summed E-state index contributed by atoms with van der Waals surface area (Å²) >= 11 is 0. The van der Waals surface area contributed by atoms with Crippen LogP contribution in [-0.4, -0.2) is 0 Å². The van der Waals surface area contributed by atoms with Crippen molar-refractivity contribution in [3.63, 3.8) is 0 Å². The van der Waals surface area contributed by atoms with Crippen molar-refractivity contribution in [2.24, 2.45) is 0 Å². The molecule has 0 saturated heterocycles. The molecule has 0 aromatic heterocycles. The maximum Gasteiger partial charge on any atom is 0.419 e. The van der Waals surface area contributed by atoms with Crippen LogP contribution in [0.4, 0.5) is 17.6 Å². The molecule has 0 unspecified atom stereocenters. The quantitative estimate of drug-likeness (QED) is 0.832. The number of rotatable bonds is 4. The van der Waals surface area contributed by atoms with Gasteiger partial charge in [-0.25, -0.2) is 4.39 Å². The first-order chi connectivity index (χ1) is 9.47. The van der Waals surface area contributed by atoms with Crippen molar-refractivity contribution in [1.82, 2.24) is 5.32 Å². The fraction of sp³-hybridized carbons (Fsp3) is 0.200. The standard InChI is InChI=1S/C15H13F4N/c16-14-7-6-12(8-13(14)15(17,18)19)10-20-9-11-4-2-1-3-5-11/h1-8,20H,9-10H2. The van der Waals surface area contributed by atoms with Crippen LogP contribution in [0.2, 0.25) is 0 Å². The van der Waals surface area contributed by atoms with Gasteiger partial charge in [0.25, 0.3) is 0 Å². The van der Waals surface area contributed by atoms with Crippen LogP contribution in [0.3, 0.4) is 0 Å². The van der Waals surface area contributed by atoms with Crippen LogP contribution in [-0.2, 0) is 19.3 Å². The van der Waals surface area contributed by atoms with Gasteiger partial charge < -0.3 is 5.32 Å². The van der Waals surface area contributed by atoms with E-state index in [0.717, 1.165) is 17.7 Å². The van der Waals surface area contributed by atoms with Crippen molar-refractivity contribution in [3.8, 4) is 0 Å². The highest BCUT2D eigenvalue weighted by Gasteiger charge is 2.34. The number of hydrogen-bond acceptors (Lipinski definition) is 1. The van der Waals surface area contributed by atoms with E-state index >= 15 is 0 Å². The van der Waals surface area contributed by atoms with Gasteiger partial charge in [0.2, 0.25) is 0 Å². The monoisotopic (exact) mass is 283 g/mol. The molecule has 0 aliphatic carbocycles. The Bertz CT molecular complexity index is 564. The molecule has 0 bridgehead atoms. The minimum atomic E-state index is -4.67. The molecule has 0 aliphatic rings. The molecule has 2 aromatic rings. The fourth-order valence-electron chi connectivity index (χ4n) is 1.85.